The molecule has 106 valence electrons. The fourth-order valence-corrected chi connectivity index (χ4v) is 2.99. The molecule has 1 unspecified atom stereocenters. The summed E-state index contributed by atoms with van der Waals surface area (Å²) in [6.07, 6.45) is 4.65. The SMILES string of the molecule is Clc1cc(OC2CCCc3ccccc32)n2ncnc2n1. The van der Waals surface area contributed by atoms with Crippen molar-refractivity contribution in [3.05, 3.63) is 52.9 Å². The van der Waals surface area contributed by atoms with Gasteiger partial charge in [-0.2, -0.15) is 19.6 Å². The Morgan fingerprint density at radius 1 is 1.29 bits per heavy atom. The van der Waals surface area contributed by atoms with Gasteiger partial charge in [0, 0.05) is 6.07 Å². The van der Waals surface area contributed by atoms with Crippen LogP contribution in [0.2, 0.25) is 5.15 Å². The fraction of sp³-hybridized carbons (Fsp3) is 0.267. The van der Waals surface area contributed by atoms with E-state index < -0.39 is 0 Å². The smallest absolute Gasteiger partial charge is 0.256 e. The molecule has 0 bridgehead atoms. The molecule has 4 rings (SSSR count). The molecule has 0 aliphatic heterocycles. The molecule has 0 amide bonds. The Balaban J connectivity index is 1.74. The molecule has 1 atom stereocenters. The fourth-order valence-electron chi connectivity index (χ4n) is 2.82. The summed E-state index contributed by atoms with van der Waals surface area (Å²) in [7, 11) is 0. The van der Waals surface area contributed by atoms with Crippen LogP contribution in [0, 0.1) is 0 Å². The molecule has 1 aliphatic rings. The molecule has 0 radical (unpaired) electrons. The van der Waals surface area contributed by atoms with Gasteiger partial charge in [0.15, 0.2) is 0 Å². The van der Waals surface area contributed by atoms with Gasteiger partial charge in [0.1, 0.15) is 17.6 Å². The summed E-state index contributed by atoms with van der Waals surface area (Å²) in [5.41, 5.74) is 2.59. The van der Waals surface area contributed by atoms with Crippen LogP contribution in [-0.4, -0.2) is 19.6 Å². The second-order valence-electron chi connectivity index (χ2n) is 5.09. The number of aryl methyl sites for hydroxylation is 1. The van der Waals surface area contributed by atoms with Gasteiger partial charge >= 0.3 is 0 Å². The largest absolute Gasteiger partial charge is 0.469 e. The van der Waals surface area contributed by atoms with Crippen LogP contribution in [0.3, 0.4) is 0 Å². The van der Waals surface area contributed by atoms with Crippen LogP contribution in [0.5, 0.6) is 5.88 Å². The highest BCUT2D eigenvalue weighted by molar-refractivity contribution is 6.29. The molecule has 2 aromatic heterocycles. The Bertz CT molecular complexity index is 801. The van der Waals surface area contributed by atoms with E-state index in [4.69, 9.17) is 16.3 Å². The Morgan fingerprint density at radius 3 is 3.14 bits per heavy atom. The molecule has 3 aromatic rings. The van der Waals surface area contributed by atoms with Gasteiger partial charge in [0.2, 0.25) is 5.88 Å². The number of nitrogens with zero attached hydrogens (tertiary/aromatic N) is 4. The van der Waals surface area contributed by atoms with E-state index in [-0.39, 0.29) is 6.10 Å². The summed E-state index contributed by atoms with van der Waals surface area (Å²) in [6.45, 7) is 0. The second-order valence-corrected chi connectivity index (χ2v) is 5.47. The summed E-state index contributed by atoms with van der Waals surface area (Å²) in [5.74, 6) is 1.02. The van der Waals surface area contributed by atoms with E-state index in [1.165, 1.54) is 17.5 Å². The Labute approximate surface area is 126 Å². The van der Waals surface area contributed by atoms with E-state index in [0.717, 1.165) is 19.3 Å². The zero-order valence-electron chi connectivity index (χ0n) is 11.2. The Morgan fingerprint density at radius 2 is 2.19 bits per heavy atom. The summed E-state index contributed by atoms with van der Waals surface area (Å²) < 4.78 is 7.74. The molecule has 0 saturated heterocycles. The first-order valence-electron chi connectivity index (χ1n) is 6.92. The van der Waals surface area contributed by atoms with Crippen molar-refractivity contribution in [3.8, 4) is 5.88 Å². The summed E-state index contributed by atoms with van der Waals surface area (Å²) in [5, 5.41) is 4.50. The molecule has 0 fully saturated rings. The zero-order valence-corrected chi connectivity index (χ0v) is 12.0. The predicted molar refractivity (Wildman–Crippen MR) is 78.5 cm³/mol. The maximum absolute atomic E-state index is 6.17. The highest BCUT2D eigenvalue weighted by atomic mass is 35.5. The van der Waals surface area contributed by atoms with Gasteiger partial charge in [-0.1, -0.05) is 35.9 Å². The minimum Gasteiger partial charge on any atom is -0.469 e. The minimum absolute atomic E-state index is 0.0146. The number of hydrogen-bond acceptors (Lipinski definition) is 4. The third-order valence-corrected chi connectivity index (χ3v) is 3.96. The van der Waals surface area contributed by atoms with E-state index in [0.29, 0.717) is 16.8 Å². The number of fused-ring (bicyclic) bond motifs is 2. The van der Waals surface area contributed by atoms with Crippen LogP contribution in [0.1, 0.15) is 30.1 Å². The summed E-state index contributed by atoms with van der Waals surface area (Å²) >= 11 is 6.03. The minimum atomic E-state index is 0.0146. The van der Waals surface area contributed by atoms with Crippen molar-refractivity contribution in [2.45, 2.75) is 25.4 Å². The van der Waals surface area contributed by atoms with Crippen LogP contribution < -0.4 is 4.74 Å². The maximum Gasteiger partial charge on any atom is 0.256 e. The number of halogens is 1. The van der Waals surface area contributed by atoms with Crippen LogP contribution in [0.25, 0.3) is 5.78 Å². The number of ether oxygens (including phenoxy) is 1. The maximum atomic E-state index is 6.17. The van der Waals surface area contributed by atoms with Gasteiger partial charge in [0.25, 0.3) is 5.78 Å². The molecule has 6 heteroatoms. The Kier molecular flexibility index (Phi) is 3.00. The first kappa shape index (κ1) is 12.6. The molecule has 1 aromatic carbocycles. The molecule has 0 N–H and O–H groups in total. The average Bonchev–Trinajstić information content (AvgIpc) is 2.96. The van der Waals surface area contributed by atoms with Crippen LogP contribution >= 0.6 is 11.6 Å². The lowest BCUT2D eigenvalue weighted by Gasteiger charge is -2.26. The van der Waals surface area contributed by atoms with Crippen LogP contribution in [0.15, 0.2) is 36.7 Å². The topological polar surface area (TPSA) is 52.3 Å². The number of benzene rings is 1. The van der Waals surface area contributed by atoms with E-state index in [1.807, 2.05) is 6.07 Å². The first-order valence-corrected chi connectivity index (χ1v) is 7.30. The third-order valence-electron chi connectivity index (χ3n) is 3.77. The quantitative estimate of drug-likeness (QED) is 0.682. The standard InChI is InChI=1S/C15H13ClN4O/c16-13-8-14(20-15(19-13)17-9-18-20)21-12-7-3-5-10-4-1-2-6-11(10)12/h1-2,4,6,8-9,12H,3,5,7H2. The van der Waals surface area contributed by atoms with Crippen LogP contribution in [0.4, 0.5) is 0 Å². The lowest BCUT2D eigenvalue weighted by atomic mass is 9.89. The monoisotopic (exact) mass is 300 g/mol. The van der Waals surface area contributed by atoms with Gasteiger partial charge in [0.05, 0.1) is 0 Å². The van der Waals surface area contributed by atoms with Crippen molar-refractivity contribution in [2.75, 3.05) is 0 Å². The molecule has 21 heavy (non-hydrogen) atoms. The van der Waals surface area contributed by atoms with Crippen molar-refractivity contribution < 1.29 is 4.74 Å². The Hall–Kier alpha value is -2.14. The van der Waals surface area contributed by atoms with Crippen LogP contribution in [-0.2, 0) is 6.42 Å². The normalized spacial score (nSPS) is 17.7. The number of hydrogen-bond donors (Lipinski definition) is 0. The van der Waals surface area contributed by atoms with E-state index in [1.54, 1.807) is 10.6 Å². The molecule has 2 heterocycles. The van der Waals surface area contributed by atoms with E-state index >= 15 is 0 Å². The molecule has 5 nitrogen and oxygen atoms in total. The van der Waals surface area contributed by atoms with Gasteiger partial charge in [-0.15, -0.1) is 0 Å². The summed E-state index contributed by atoms with van der Waals surface area (Å²) in [6, 6.07) is 10.1. The average molecular weight is 301 g/mol. The third kappa shape index (κ3) is 2.23. The van der Waals surface area contributed by atoms with Crippen molar-refractivity contribution >= 4 is 17.4 Å². The van der Waals surface area contributed by atoms with Crippen molar-refractivity contribution in [1.82, 2.24) is 19.6 Å². The van der Waals surface area contributed by atoms with Gasteiger partial charge in [-0.05, 0) is 30.4 Å². The second kappa shape index (κ2) is 5.00. The van der Waals surface area contributed by atoms with Crippen molar-refractivity contribution in [2.24, 2.45) is 0 Å². The van der Waals surface area contributed by atoms with Crippen molar-refractivity contribution in [1.29, 1.82) is 0 Å². The van der Waals surface area contributed by atoms with Gasteiger partial charge < -0.3 is 4.74 Å². The van der Waals surface area contributed by atoms with E-state index in [2.05, 4.69) is 33.3 Å². The predicted octanol–water partition coefficient (Wildman–Crippen LogP) is 3.23. The highest BCUT2D eigenvalue weighted by Crippen LogP contribution is 2.33. The number of rotatable bonds is 2. The number of aromatic nitrogens is 4. The molecular weight excluding hydrogens is 288 g/mol. The first-order chi connectivity index (χ1) is 10.3. The molecular formula is C15H13ClN4O. The zero-order chi connectivity index (χ0) is 14.2. The van der Waals surface area contributed by atoms with Crippen molar-refractivity contribution in [3.63, 3.8) is 0 Å². The molecule has 1 aliphatic carbocycles. The lowest BCUT2D eigenvalue weighted by molar-refractivity contribution is 0.171. The molecule has 0 saturated carbocycles. The highest BCUT2D eigenvalue weighted by Gasteiger charge is 2.22. The van der Waals surface area contributed by atoms with Gasteiger partial charge in [-0.3, -0.25) is 0 Å². The van der Waals surface area contributed by atoms with E-state index in [9.17, 15) is 0 Å². The summed E-state index contributed by atoms with van der Waals surface area (Å²) in [4.78, 5) is 8.16. The van der Waals surface area contributed by atoms with Gasteiger partial charge in [-0.25, -0.2) is 0 Å². The molecule has 0 spiro atoms. The lowest BCUT2D eigenvalue weighted by Crippen LogP contribution is -2.16.